The zero-order chi connectivity index (χ0) is 8.74. The summed E-state index contributed by atoms with van der Waals surface area (Å²) in [6.07, 6.45) is 0.416. The largest absolute Gasteiger partial charge is 0.329 e. The Kier molecular flexibility index (Phi) is 12.0. The predicted molar refractivity (Wildman–Crippen MR) is 48.7 cm³/mol. The van der Waals surface area contributed by atoms with Crippen molar-refractivity contribution in [1.29, 1.82) is 0 Å². The van der Waals surface area contributed by atoms with Gasteiger partial charge in [-0.25, -0.2) is 0 Å². The zero-order valence-corrected chi connectivity index (χ0v) is 11.2. The Morgan fingerprint density at radius 3 is 2.33 bits per heavy atom. The van der Waals surface area contributed by atoms with E-state index in [4.69, 9.17) is 10.3 Å². The smallest absolute Gasteiger partial charge is 0.264 e. The summed E-state index contributed by atoms with van der Waals surface area (Å²) >= 11 is 0. The van der Waals surface area contributed by atoms with Crippen LogP contribution in [0.25, 0.3) is 0 Å². The van der Waals surface area contributed by atoms with Crippen molar-refractivity contribution in [3.05, 3.63) is 0 Å². The van der Waals surface area contributed by atoms with Crippen LogP contribution in [0.1, 0.15) is 6.42 Å². The molecule has 0 aromatic rings. The summed E-state index contributed by atoms with van der Waals surface area (Å²) in [6, 6.07) is 0. The molecule has 0 saturated carbocycles. The van der Waals surface area contributed by atoms with Crippen molar-refractivity contribution < 1.29 is 13.0 Å². The average molecular weight is 221 g/mol. The third kappa shape index (κ3) is 14.0. The van der Waals surface area contributed by atoms with E-state index in [-0.39, 0.29) is 57.1 Å². The van der Waals surface area contributed by atoms with Crippen LogP contribution in [0.5, 0.6) is 0 Å². The molecule has 69 valence electrons. The number of hydrogen-bond acceptors (Lipinski definition) is 4. The second kappa shape index (κ2) is 9.04. The summed E-state index contributed by atoms with van der Waals surface area (Å²) in [4.78, 5) is 0. The van der Waals surface area contributed by atoms with E-state index in [1.165, 1.54) is 0 Å². The number of nitrogens with two attached hydrogens (primary N) is 1. The van der Waals surface area contributed by atoms with Crippen molar-refractivity contribution in [3.8, 4) is 0 Å². The second-order valence-electron chi connectivity index (χ2n) is 2.18. The van der Waals surface area contributed by atoms with Gasteiger partial charge in [-0.05, 0) is 13.0 Å². The van der Waals surface area contributed by atoms with Crippen LogP contribution in [0.3, 0.4) is 0 Å². The fourth-order valence-electron chi connectivity index (χ4n) is 0.607. The van der Waals surface area contributed by atoms with Gasteiger partial charge in [-0.2, -0.15) is 8.42 Å². The first kappa shape index (κ1) is 15.9. The van der Waals surface area contributed by atoms with E-state index >= 15 is 0 Å². The van der Waals surface area contributed by atoms with Gasteiger partial charge >= 0.3 is 0 Å². The van der Waals surface area contributed by atoms with Crippen molar-refractivity contribution in [2.45, 2.75) is 6.42 Å². The van der Waals surface area contributed by atoms with Crippen molar-refractivity contribution in [2.24, 2.45) is 5.73 Å². The second-order valence-corrected chi connectivity index (χ2v) is 3.75. The van der Waals surface area contributed by atoms with Crippen LogP contribution in [-0.4, -0.2) is 89.7 Å². The van der Waals surface area contributed by atoms with E-state index in [0.29, 0.717) is 26.1 Å². The Morgan fingerprint density at radius 1 is 1.33 bits per heavy atom. The molecular formula is C5H14KN2O3S. The molecule has 0 spiro atoms. The van der Waals surface area contributed by atoms with Crippen LogP contribution in [-0.2, 0) is 10.1 Å². The molecule has 0 aromatic heterocycles. The van der Waals surface area contributed by atoms with Gasteiger partial charge in [-0.3, -0.25) is 4.55 Å². The normalized spacial score (nSPS) is 10.8. The van der Waals surface area contributed by atoms with Crippen LogP contribution in [0, 0.1) is 0 Å². The molecule has 0 bridgehead atoms. The van der Waals surface area contributed by atoms with Gasteiger partial charge in [0, 0.05) is 64.5 Å². The molecule has 0 aliphatic rings. The average Bonchev–Trinajstić information content (AvgIpc) is 1.85. The Morgan fingerprint density at radius 2 is 1.92 bits per heavy atom. The van der Waals surface area contributed by atoms with E-state index < -0.39 is 10.1 Å². The molecular weight excluding hydrogens is 207 g/mol. The third-order valence-corrected chi connectivity index (χ3v) is 1.88. The van der Waals surface area contributed by atoms with Crippen molar-refractivity contribution >= 4 is 61.5 Å². The molecule has 1 radical (unpaired) electrons. The van der Waals surface area contributed by atoms with Gasteiger partial charge in [-0.15, -0.1) is 0 Å². The zero-order valence-electron chi connectivity index (χ0n) is 7.28. The SMILES string of the molecule is NCCNCCCS(=O)(=O)O.[K]. The van der Waals surface area contributed by atoms with Crippen molar-refractivity contribution in [1.82, 2.24) is 5.32 Å². The summed E-state index contributed by atoms with van der Waals surface area (Å²) in [6.45, 7) is 1.77. The maximum Gasteiger partial charge on any atom is 0.264 e. The molecule has 0 amide bonds. The van der Waals surface area contributed by atoms with Gasteiger partial charge < -0.3 is 11.1 Å². The van der Waals surface area contributed by atoms with Gasteiger partial charge in [0.2, 0.25) is 0 Å². The molecule has 0 aliphatic heterocycles. The Bertz CT molecular complexity index is 183. The van der Waals surface area contributed by atoms with Crippen LogP contribution in [0.2, 0.25) is 0 Å². The summed E-state index contributed by atoms with van der Waals surface area (Å²) < 4.78 is 28.6. The Labute approximate surface area is 116 Å². The van der Waals surface area contributed by atoms with Crippen LogP contribution < -0.4 is 11.1 Å². The van der Waals surface area contributed by atoms with E-state index in [1.54, 1.807) is 0 Å². The molecule has 12 heavy (non-hydrogen) atoms. The number of nitrogens with one attached hydrogen (secondary N) is 1. The Hall–Kier alpha value is 1.47. The van der Waals surface area contributed by atoms with Crippen LogP contribution in [0.15, 0.2) is 0 Å². The first-order chi connectivity index (χ1) is 5.06. The van der Waals surface area contributed by atoms with E-state index in [1.807, 2.05) is 0 Å². The first-order valence-corrected chi connectivity index (χ1v) is 5.03. The first-order valence-electron chi connectivity index (χ1n) is 3.42. The fraction of sp³-hybridized carbons (Fsp3) is 1.00. The summed E-state index contributed by atoms with van der Waals surface area (Å²) in [5.74, 6) is -0.190. The quantitative estimate of drug-likeness (QED) is 0.286. The number of hydrogen-bond donors (Lipinski definition) is 3. The van der Waals surface area contributed by atoms with Gasteiger partial charge in [0.25, 0.3) is 10.1 Å². The van der Waals surface area contributed by atoms with E-state index in [2.05, 4.69) is 5.32 Å². The van der Waals surface area contributed by atoms with Crippen molar-refractivity contribution in [3.63, 3.8) is 0 Å². The van der Waals surface area contributed by atoms with Crippen LogP contribution in [0.4, 0.5) is 0 Å². The van der Waals surface area contributed by atoms with Crippen molar-refractivity contribution in [2.75, 3.05) is 25.4 Å². The third-order valence-electron chi connectivity index (χ3n) is 1.08. The minimum atomic E-state index is -3.78. The molecule has 5 nitrogen and oxygen atoms in total. The van der Waals surface area contributed by atoms with Gasteiger partial charge in [-0.1, -0.05) is 0 Å². The van der Waals surface area contributed by atoms with E-state index in [0.717, 1.165) is 0 Å². The van der Waals surface area contributed by atoms with Gasteiger partial charge in [0.05, 0.1) is 5.75 Å². The monoisotopic (exact) mass is 221 g/mol. The molecule has 4 N–H and O–H groups in total. The minimum Gasteiger partial charge on any atom is -0.329 e. The number of rotatable bonds is 6. The maximum absolute atomic E-state index is 10.2. The van der Waals surface area contributed by atoms with E-state index in [9.17, 15) is 8.42 Å². The van der Waals surface area contributed by atoms with Gasteiger partial charge in [0.15, 0.2) is 0 Å². The Balaban J connectivity index is 0. The molecule has 0 aliphatic carbocycles. The summed E-state index contributed by atoms with van der Waals surface area (Å²) in [5, 5.41) is 2.91. The molecule has 0 fully saturated rings. The standard InChI is InChI=1S/C5H14N2O3S.K/c6-2-4-7-3-1-5-11(8,9)10;/h7H,1-6H2,(H,8,9,10);. The van der Waals surface area contributed by atoms with Crippen LogP contribution >= 0.6 is 0 Å². The molecule has 0 saturated heterocycles. The molecule has 0 unspecified atom stereocenters. The molecule has 0 atom stereocenters. The molecule has 0 heterocycles. The summed E-state index contributed by atoms with van der Waals surface area (Å²) in [5.41, 5.74) is 5.17. The fourth-order valence-corrected chi connectivity index (χ4v) is 1.12. The molecule has 7 heteroatoms. The molecule has 0 rings (SSSR count). The maximum atomic E-state index is 10.2. The van der Waals surface area contributed by atoms with Gasteiger partial charge in [0.1, 0.15) is 0 Å². The predicted octanol–water partition coefficient (Wildman–Crippen LogP) is -1.57. The summed E-state index contributed by atoms with van der Waals surface area (Å²) in [7, 11) is -3.78. The topological polar surface area (TPSA) is 92.4 Å². The minimum absolute atomic E-state index is 0. The molecule has 0 aromatic carbocycles.